The number of piperidine rings is 1. The molecule has 0 aromatic carbocycles. The van der Waals surface area contributed by atoms with Gasteiger partial charge in [0.25, 0.3) is 5.92 Å². The Morgan fingerprint density at radius 3 is 2.73 bits per heavy atom. The number of likely N-dealkylation sites (tertiary alicyclic amines) is 1. The summed E-state index contributed by atoms with van der Waals surface area (Å²) in [7, 11) is 0. The maximum absolute atomic E-state index is 14.8. The fourth-order valence-electron chi connectivity index (χ4n) is 4.76. The molecule has 172 valence electrons. The van der Waals surface area contributed by atoms with Crippen molar-refractivity contribution in [1.82, 2.24) is 34.1 Å². The first-order valence-corrected chi connectivity index (χ1v) is 10.8. The van der Waals surface area contributed by atoms with E-state index in [9.17, 15) is 13.2 Å². The average Bonchev–Trinajstić information content (AvgIpc) is 3.40. The highest BCUT2D eigenvalue weighted by atomic mass is 19.3. The normalized spacial score (nSPS) is 23.7. The van der Waals surface area contributed by atoms with Gasteiger partial charge in [-0.05, 0) is 24.6 Å². The van der Waals surface area contributed by atoms with E-state index in [0.717, 1.165) is 11.2 Å². The number of nitrogens with two attached hydrogens (primary N) is 1. The van der Waals surface area contributed by atoms with Crippen molar-refractivity contribution in [1.29, 1.82) is 0 Å². The maximum Gasteiger partial charge on any atom is 0.251 e. The highest BCUT2D eigenvalue weighted by molar-refractivity contribution is 5.86. The van der Waals surface area contributed by atoms with Crippen LogP contribution >= 0.6 is 0 Å². The van der Waals surface area contributed by atoms with Crippen LogP contribution in [0.2, 0.25) is 0 Å². The van der Waals surface area contributed by atoms with E-state index in [0.29, 0.717) is 24.2 Å². The van der Waals surface area contributed by atoms with Gasteiger partial charge in [-0.15, -0.1) is 5.10 Å². The van der Waals surface area contributed by atoms with Gasteiger partial charge < -0.3 is 11.1 Å². The standard InChI is InChI=1S/C21H22F3N9/c22-14-11-31(12-9-21(23,24)10-12)6-4-16(14)27-20-28-19(25)18-13(3-7-33(18)30-20)15-1-2-17-26-5-8-32(17)29-15/h1-3,5,7-8,12,14,16H,4,6,9-11H2,(H3,25,27,28,30)/t14-,16+/m1/s1. The third-order valence-corrected chi connectivity index (χ3v) is 6.54. The first kappa shape index (κ1) is 20.2. The largest absolute Gasteiger partial charge is 0.382 e. The van der Waals surface area contributed by atoms with Crippen molar-refractivity contribution in [2.45, 2.75) is 43.4 Å². The lowest BCUT2D eigenvalue weighted by molar-refractivity contribution is -0.131. The Morgan fingerprint density at radius 2 is 1.94 bits per heavy atom. The van der Waals surface area contributed by atoms with Gasteiger partial charge in [0.05, 0.1) is 11.7 Å². The van der Waals surface area contributed by atoms with Crippen LogP contribution in [-0.2, 0) is 0 Å². The predicted molar refractivity (Wildman–Crippen MR) is 116 cm³/mol. The molecule has 0 spiro atoms. The molecule has 12 heteroatoms. The van der Waals surface area contributed by atoms with Gasteiger partial charge in [-0.1, -0.05) is 0 Å². The van der Waals surface area contributed by atoms with E-state index in [2.05, 4.69) is 25.5 Å². The van der Waals surface area contributed by atoms with Gasteiger partial charge in [0.1, 0.15) is 11.7 Å². The molecule has 6 rings (SSSR count). The Hall–Kier alpha value is -3.41. The van der Waals surface area contributed by atoms with Crippen LogP contribution in [0.3, 0.4) is 0 Å². The molecule has 2 fully saturated rings. The van der Waals surface area contributed by atoms with E-state index < -0.39 is 18.1 Å². The maximum atomic E-state index is 14.8. The lowest BCUT2D eigenvalue weighted by atomic mass is 9.85. The highest BCUT2D eigenvalue weighted by Gasteiger charge is 2.49. The fourth-order valence-corrected chi connectivity index (χ4v) is 4.76. The number of rotatable bonds is 4. The Balaban J connectivity index is 1.20. The molecule has 9 nitrogen and oxygen atoms in total. The average molecular weight is 457 g/mol. The van der Waals surface area contributed by atoms with E-state index >= 15 is 0 Å². The molecule has 1 saturated carbocycles. The molecule has 3 N–H and O–H groups in total. The van der Waals surface area contributed by atoms with Crippen molar-refractivity contribution in [3.8, 4) is 11.3 Å². The topological polar surface area (TPSA) is 102 Å². The van der Waals surface area contributed by atoms with Crippen LogP contribution in [0.15, 0.2) is 36.8 Å². The summed E-state index contributed by atoms with van der Waals surface area (Å²) in [5, 5.41) is 12.0. The number of imidazole rings is 1. The number of fused-ring (bicyclic) bond motifs is 2. The van der Waals surface area contributed by atoms with E-state index in [4.69, 9.17) is 5.73 Å². The number of nitrogens with one attached hydrogen (secondary N) is 1. The number of hydrogen-bond acceptors (Lipinski definition) is 7. The first-order chi connectivity index (χ1) is 15.9. The zero-order chi connectivity index (χ0) is 22.7. The molecule has 1 saturated heterocycles. The molecule has 33 heavy (non-hydrogen) atoms. The summed E-state index contributed by atoms with van der Waals surface area (Å²) in [6.07, 6.45) is 4.05. The number of nitrogens with zero attached hydrogens (tertiary/aromatic N) is 7. The van der Waals surface area contributed by atoms with Gasteiger partial charge in [0.15, 0.2) is 11.5 Å². The minimum Gasteiger partial charge on any atom is -0.382 e. The lowest BCUT2D eigenvalue weighted by Gasteiger charge is -2.46. The summed E-state index contributed by atoms with van der Waals surface area (Å²) < 4.78 is 44.4. The second-order valence-electron chi connectivity index (χ2n) is 8.76. The lowest BCUT2D eigenvalue weighted by Crippen LogP contribution is -2.57. The molecule has 5 heterocycles. The fraction of sp³-hybridized carbons (Fsp3) is 0.429. The summed E-state index contributed by atoms with van der Waals surface area (Å²) in [6, 6.07) is 4.80. The van der Waals surface area contributed by atoms with Gasteiger partial charge in [-0.2, -0.15) is 10.1 Å². The summed E-state index contributed by atoms with van der Waals surface area (Å²) in [5.41, 5.74) is 9.05. The molecule has 0 unspecified atom stereocenters. The number of halogens is 3. The zero-order valence-corrected chi connectivity index (χ0v) is 17.6. The summed E-state index contributed by atoms with van der Waals surface area (Å²) in [6.45, 7) is 0.666. The molecule has 4 aromatic rings. The monoisotopic (exact) mass is 457 g/mol. The number of nitrogen functional groups attached to an aromatic ring is 1. The molecule has 1 aliphatic heterocycles. The van der Waals surface area contributed by atoms with E-state index in [1.165, 1.54) is 0 Å². The van der Waals surface area contributed by atoms with Gasteiger partial charge in [-0.25, -0.2) is 27.2 Å². The molecule has 0 bridgehead atoms. The van der Waals surface area contributed by atoms with Crippen LogP contribution in [-0.4, -0.2) is 71.4 Å². The van der Waals surface area contributed by atoms with Gasteiger partial charge in [0, 0.05) is 56.1 Å². The quantitative estimate of drug-likeness (QED) is 0.486. The molecule has 2 atom stereocenters. The highest BCUT2D eigenvalue weighted by Crippen LogP contribution is 2.41. The molecule has 2 aliphatic rings. The third kappa shape index (κ3) is 3.54. The Labute approximate surface area is 186 Å². The number of hydrogen-bond donors (Lipinski definition) is 2. The Bertz CT molecular complexity index is 1330. The Kier molecular flexibility index (Phi) is 4.47. The van der Waals surface area contributed by atoms with Crippen LogP contribution in [0.1, 0.15) is 19.3 Å². The van der Waals surface area contributed by atoms with Crippen molar-refractivity contribution < 1.29 is 13.2 Å². The molecule has 4 aromatic heterocycles. The summed E-state index contributed by atoms with van der Waals surface area (Å²) >= 11 is 0. The molecule has 0 amide bonds. The smallest absolute Gasteiger partial charge is 0.251 e. The van der Waals surface area contributed by atoms with Crippen LogP contribution < -0.4 is 11.1 Å². The minimum absolute atomic E-state index is 0.117. The van der Waals surface area contributed by atoms with E-state index in [-0.39, 0.29) is 37.2 Å². The molecular formula is C21H22F3N9. The minimum atomic E-state index is -2.61. The molecular weight excluding hydrogens is 435 g/mol. The second kappa shape index (κ2) is 7.30. The Morgan fingerprint density at radius 1 is 1.09 bits per heavy atom. The van der Waals surface area contributed by atoms with Crippen molar-refractivity contribution in [3.63, 3.8) is 0 Å². The van der Waals surface area contributed by atoms with Gasteiger partial charge in [0.2, 0.25) is 5.95 Å². The van der Waals surface area contributed by atoms with Gasteiger partial charge >= 0.3 is 0 Å². The van der Waals surface area contributed by atoms with E-state index in [1.807, 2.05) is 23.1 Å². The molecule has 1 aliphatic carbocycles. The van der Waals surface area contributed by atoms with Crippen molar-refractivity contribution in [3.05, 3.63) is 36.8 Å². The van der Waals surface area contributed by atoms with Crippen molar-refractivity contribution >= 4 is 22.9 Å². The first-order valence-electron chi connectivity index (χ1n) is 10.8. The van der Waals surface area contributed by atoms with Crippen LogP contribution in [0.25, 0.3) is 22.4 Å². The summed E-state index contributed by atoms with van der Waals surface area (Å²) in [5.74, 6) is -2.15. The second-order valence-corrected chi connectivity index (χ2v) is 8.76. The third-order valence-electron chi connectivity index (χ3n) is 6.54. The predicted octanol–water partition coefficient (Wildman–Crippen LogP) is 2.64. The van der Waals surface area contributed by atoms with Crippen LogP contribution in [0, 0.1) is 0 Å². The number of anilines is 2. The SMILES string of the molecule is Nc1nc(N[C@H]2CCN(C3CC(F)(F)C3)C[C@H]2F)nn2ccc(-c3ccc4nccn4n3)c12. The summed E-state index contributed by atoms with van der Waals surface area (Å²) in [4.78, 5) is 10.4. The van der Waals surface area contributed by atoms with Crippen molar-refractivity contribution in [2.24, 2.45) is 0 Å². The van der Waals surface area contributed by atoms with Crippen LogP contribution in [0.4, 0.5) is 24.9 Å². The molecule has 0 radical (unpaired) electrons. The van der Waals surface area contributed by atoms with Crippen molar-refractivity contribution in [2.75, 3.05) is 24.1 Å². The van der Waals surface area contributed by atoms with Crippen LogP contribution in [0.5, 0.6) is 0 Å². The van der Waals surface area contributed by atoms with E-state index in [1.54, 1.807) is 27.6 Å². The van der Waals surface area contributed by atoms with Gasteiger partial charge in [-0.3, -0.25) is 4.90 Å². The number of alkyl halides is 3. The number of aromatic nitrogens is 6. The zero-order valence-electron chi connectivity index (χ0n) is 17.6.